The molecule has 178 valence electrons. The summed E-state index contributed by atoms with van der Waals surface area (Å²) in [5, 5.41) is 5.99. The van der Waals surface area contributed by atoms with Crippen LogP contribution in [0.1, 0.15) is 55.8 Å². The highest BCUT2D eigenvalue weighted by Gasteiger charge is 2.17. The Morgan fingerprint density at radius 3 is 2.85 bits per heavy atom. The monoisotopic (exact) mass is 534 g/mol. The summed E-state index contributed by atoms with van der Waals surface area (Å²) < 4.78 is 18.1. The summed E-state index contributed by atoms with van der Waals surface area (Å²) in [5.41, 5.74) is 1.16. The Morgan fingerprint density at radius 2 is 2.06 bits per heavy atom. The van der Waals surface area contributed by atoms with Crippen molar-refractivity contribution in [3.8, 4) is 11.5 Å². The minimum absolute atomic E-state index is 0.148. The lowest BCUT2D eigenvalue weighted by Gasteiger charge is -2.15. The van der Waals surface area contributed by atoms with Crippen molar-refractivity contribution >= 4 is 44.9 Å². The van der Waals surface area contributed by atoms with Gasteiger partial charge < -0.3 is 19.5 Å². The fourth-order valence-corrected chi connectivity index (χ4v) is 4.05. The van der Waals surface area contributed by atoms with Crippen LogP contribution in [-0.2, 0) is 4.74 Å². The van der Waals surface area contributed by atoms with E-state index in [0.717, 1.165) is 48.2 Å². The summed E-state index contributed by atoms with van der Waals surface area (Å²) in [6, 6.07) is 12.8. The molecule has 33 heavy (non-hydrogen) atoms. The van der Waals surface area contributed by atoms with E-state index in [0.29, 0.717) is 24.5 Å². The van der Waals surface area contributed by atoms with Crippen molar-refractivity contribution in [2.24, 2.45) is 0 Å². The van der Waals surface area contributed by atoms with Crippen molar-refractivity contribution in [2.75, 3.05) is 25.1 Å². The molecule has 6 nitrogen and oxygen atoms in total. The van der Waals surface area contributed by atoms with Gasteiger partial charge in [-0.3, -0.25) is 10.1 Å². The molecule has 1 saturated heterocycles. The Balaban J connectivity index is 1.54. The van der Waals surface area contributed by atoms with Gasteiger partial charge in [0.25, 0.3) is 5.91 Å². The Labute approximate surface area is 209 Å². The maximum absolute atomic E-state index is 12.9. The maximum atomic E-state index is 12.9. The van der Waals surface area contributed by atoms with Gasteiger partial charge in [-0.15, -0.1) is 0 Å². The predicted molar refractivity (Wildman–Crippen MR) is 138 cm³/mol. The van der Waals surface area contributed by atoms with Crippen LogP contribution in [0.25, 0.3) is 0 Å². The van der Waals surface area contributed by atoms with Gasteiger partial charge in [0, 0.05) is 22.8 Å². The van der Waals surface area contributed by atoms with E-state index in [4.69, 9.17) is 26.4 Å². The number of thiocarbonyl (C=S) groups is 1. The number of ether oxygens (including phenoxy) is 3. The molecule has 1 fully saturated rings. The molecule has 1 atom stereocenters. The van der Waals surface area contributed by atoms with Gasteiger partial charge in [0.15, 0.2) is 5.11 Å². The highest BCUT2D eigenvalue weighted by atomic mass is 79.9. The molecule has 1 aliphatic heterocycles. The number of halogens is 1. The molecule has 8 heteroatoms. The highest BCUT2D eigenvalue weighted by Crippen LogP contribution is 2.24. The molecule has 0 saturated carbocycles. The summed E-state index contributed by atoms with van der Waals surface area (Å²) in [6.45, 7) is 4.06. The fraction of sp³-hybridized carbons (Fsp3) is 0.440. The third-order valence-corrected chi connectivity index (χ3v) is 5.92. The number of unbranched alkanes of at least 4 members (excludes halogenated alkanes) is 3. The normalized spacial score (nSPS) is 15.2. The average molecular weight is 536 g/mol. The van der Waals surface area contributed by atoms with E-state index < -0.39 is 0 Å². The second kappa shape index (κ2) is 13.5. The van der Waals surface area contributed by atoms with Gasteiger partial charge in [-0.05, 0) is 61.8 Å². The van der Waals surface area contributed by atoms with Gasteiger partial charge in [0.2, 0.25) is 0 Å². The summed E-state index contributed by atoms with van der Waals surface area (Å²) in [5.74, 6) is 0.929. The SMILES string of the molecule is CCCCCCOc1ccc(Br)cc1C(=O)NC(=S)Nc1cccc(OCC2CCCO2)c1. The molecular formula is C25H31BrN2O4S. The van der Waals surface area contributed by atoms with Gasteiger partial charge in [0.05, 0.1) is 18.3 Å². The second-order valence-corrected chi connectivity index (χ2v) is 9.26. The van der Waals surface area contributed by atoms with Crippen LogP contribution in [0.4, 0.5) is 5.69 Å². The smallest absolute Gasteiger partial charge is 0.261 e. The molecule has 1 unspecified atom stereocenters. The Hall–Kier alpha value is -2.16. The number of nitrogens with one attached hydrogen (secondary N) is 2. The lowest BCUT2D eigenvalue weighted by molar-refractivity contribution is 0.0680. The minimum Gasteiger partial charge on any atom is -0.493 e. The standard InChI is InChI=1S/C25H31BrN2O4S/c1-2-3-4-5-13-31-23-12-11-18(26)15-22(23)24(29)28-25(33)27-19-8-6-9-20(16-19)32-17-21-10-7-14-30-21/h6,8-9,11-12,15-16,21H,2-5,7,10,13-14,17H2,1H3,(H2,27,28,29,33). The van der Waals surface area contributed by atoms with Crippen LogP contribution in [0.3, 0.4) is 0 Å². The molecule has 0 bridgehead atoms. The number of hydrogen-bond acceptors (Lipinski definition) is 5. The number of hydrogen-bond donors (Lipinski definition) is 2. The van der Waals surface area contributed by atoms with Crippen molar-refractivity contribution in [2.45, 2.75) is 51.6 Å². The zero-order valence-corrected chi connectivity index (χ0v) is 21.3. The zero-order chi connectivity index (χ0) is 23.5. The van der Waals surface area contributed by atoms with Gasteiger partial charge in [-0.2, -0.15) is 0 Å². The number of rotatable bonds is 11. The zero-order valence-electron chi connectivity index (χ0n) is 18.9. The molecule has 0 aromatic heterocycles. The third kappa shape index (κ3) is 8.61. The van der Waals surface area contributed by atoms with Crippen LogP contribution >= 0.6 is 28.1 Å². The average Bonchev–Trinajstić information content (AvgIpc) is 3.32. The first-order chi connectivity index (χ1) is 16.0. The minimum atomic E-state index is -0.330. The van der Waals surface area contributed by atoms with E-state index in [1.54, 1.807) is 12.1 Å². The van der Waals surface area contributed by atoms with Crippen LogP contribution in [0, 0.1) is 0 Å². The molecule has 3 rings (SSSR count). The molecule has 2 aromatic rings. The van der Waals surface area contributed by atoms with Crippen molar-refractivity contribution in [3.05, 3.63) is 52.5 Å². The van der Waals surface area contributed by atoms with E-state index in [-0.39, 0.29) is 17.1 Å². The lowest BCUT2D eigenvalue weighted by Crippen LogP contribution is -2.34. The highest BCUT2D eigenvalue weighted by molar-refractivity contribution is 9.10. The summed E-state index contributed by atoms with van der Waals surface area (Å²) in [4.78, 5) is 12.9. The van der Waals surface area contributed by atoms with Crippen molar-refractivity contribution in [3.63, 3.8) is 0 Å². The molecule has 0 aliphatic carbocycles. The van der Waals surface area contributed by atoms with E-state index in [1.165, 1.54) is 12.8 Å². The van der Waals surface area contributed by atoms with E-state index in [1.807, 2.05) is 30.3 Å². The quantitative estimate of drug-likeness (QED) is 0.268. The first-order valence-corrected chi connectivity index (χ1v) is 12.6. The summed E-state index contributed by atoms with van der Waals surface area (Å²) in [6.07, 6.45) is 6.66. The first-order valence-electron chi connectivity index (χ1n) is 11.4. The molecule has 0 radical (unpaired) electrons. The van der Waals surface area contributed by atoms with E-state index in [9.17, 15) is 4.79 Å². The van der Waals surface area contributed by atoms with Gasteiger partial charge in [0.1, 0.15) is 18.1 Å². The molecule has 1 amide bonds. The van der Waals surface area contributed by atoms with Crippen LogP contribution in [-0.4, -0.2) is 36.9 Å². The predicted octanol–water partition coefficient (Wildman–Crippen LogP) is 6.09. The maximum Gasteiger partial charge on any atom is 0.261 e. The number of benzene rings is 2. The van der Waals surface area contributed by atoms with E-state index in [2.05, 4.69) is 33.5 Å². The third-order valence-electron chi connectivity index (χ3n) is 5.22. The molecule has 2 N–H and O–H groups in total. The van der Waals surface area contributed by atoms with Crippen molar-refractivity contribution in [1.29, 1.82) is 0 Å². The topological polar surface area (TPSA) is 68.8 Å². The Bertz CT molecular complexity index is 934. The number of anilines is 1. The molecule has 1 heterocycles. The lowest BCUT2D eigenvalue weighted by atomic mass is 10.2. The molecular weight excluding hydrogens is 504 g/mol. The van der Waals surface area contributed by atoms with Crippen molar-refractivity contribution < 1.29 is 19.0 Å². The number of carbonyl (C=O) groups excluding carboxylic acids is 1. The Kier molecular flexibility index (Phi) is 10.4. The molecule has 1 aliphatic rings. The van der Waals surface area contributed by atoms with Crippen LogP contribution < -0.4 is 20.1 Å². The molecule has 2 aromatic carbocycles. The largest absolute Gasteiger partial charge is 0.493 e. The van der Waals surface area contributed by atoms with Gasteiger partial charge >= 0.3 is 0 Å². The summed E-state index contributed by atoms with van der Waals surface area (Å²) in [7, 11) is 0. The van der Waals surface area contributed by atoms with Crippen LogP contribution in [0.5, 0.6) is 11.5 Å². The van der Waals surface area contributed by atoms with Gasteiger partial charge in [-0.1, -0.05) is 48.2 Å². The summed E-state index contributed by atoms with van der Waals surface area (Å²) >= 11 is 8.79. The number of carbonyl (C=O) groups is 1. The second-order valence-electron chi connectivity index (χ2n) is 7.93. The molecule has 0 spiro atoms. The fourth-order valence-electron chi connectivity index (χ4n) is 3.48. The Morgan fingerprint density at radius 1 is 1.18 bits per heavy atom. The first kappa shape index (κ1) is 25.5. The van der Waals surface area contributed by atoms with Crippen molar-refractivity contribution in [1.82, 2.24) is 5.32 Å². The number of amides is 1. The van der Waals surface area contributed by atoms with Crippen LogP contribution in [0.2, 0.25) is 0 Å². The van der Waals surface area contributed by atoms with E-state index >= 15 is 0 Å². The van der Waals surface area contributed by atoms with Crippen LogP contribution in [0.15, 0.2) is 46.9 Å². The van der Waals surface area contributed by atoms with Gasteiger partial charge in [-0.25, -0.2) is 0 Å².